The van der Waals surface area contributed by atoms with E-state index in [1.165, 1.54) is 12.3 Å². The van der Waals surface area contributed by atoms with Crippen LogP contribution in [0.15, 0.2) is 42.2 Å². The zero-order chi connectivity index (χ0) is 18.3. The summed E-state index contributed by atoms with van der Waals surface area (Å²) in [5.41, 5.74) is 2.14. The number of pyridine rings is 1. The molecule has 2 aromatic rings. The summed E-state index contributed by atoms with van der Waals surface area (Å²) in [4.78, 5) is 42.1. The fraction of sp³-hybridized carbons (Fsp3) is 0.200. The maximum atomic E-state index is 12.8. The molecule has 0 atom stereocenters. The minimum absolute atomic E-state index is 0.114. The summed E-state index contributed by atoms with van der Waals surface area (Å²) in [7, 11) is 1.57. The Hall–Kier alpha value is -3.28. The Bertz CT molecular complexity index is 974. The molecule has 1 N–H and O–H groups in total. The number of aryl methyl sites for hydroxylation is 1. The molecule has 6 nitrogen and oxygen atoms in total. The zero-order valence-corrected chi connectivity index (χ0v) is 14.2. The number of allylic oxidation sites excluding steroid dienone is 2. The molecule has 4 rings (SSSR count). The van der Waals surface area contributed by atoms with Crippen molar-refractivity contribution in [1.29, 1.82) is 0 Å². The van der Waals surface area contributed by atoms with E-state index in [2.05, 4.69) is 10.3 Å². The quantitative estimate of drug-likeness (QED) is 0.918. The Morgan fingerprint density at radius 3 is 2.54 bits per heavy atom. The van der Waals surface area contributed by atoms with E-state index in [9.17, 15) is 14.4 Å². The number of methoxy groups -OCH3 is 1. The summed E-state index contributed by atoms with van der Waals surface area (Å²) < 4.78 is 5.10. The van der Waals surface area contributed by atoms with Crippen molar-refractivity contribution in [2.24, 2.45) is 0 Å². The normalized spacial score (nSPS) is 15.9. The first-order valence-corrected chi connectivity index (χ1v) is 8.35. The van der Waals surface area contributed by atoms with Crippen LogP contribution in [0.1, 0.15) is 49.6 Å². The summed E-state index contributed by atoms with van der Waals surface area (Å²) in [5, 5.41) is 2.97. The Balaban J connectivity index is 1.71. The molecule has 0 unspecified atom stereocenters. The number of ether oxygens (including phenoxy) is 1. The SMILES string of the molecule is COc1ccc(NC2=CC(=O)c3c(cnc4c3C(=O)CCC4)C2=O)cc1. The summed E-state index contributed by atoms with van der Waals surface area (Å²) in [6.45, 7) is 0. The molecule has 1 aromatic carbocycles. The van der Waals surface area contributed by atoms with Crippen molar-refractivity contribution in [3.8, 4) is 5.75 Å². The Morgan fingerprint density at radius 2 is 1.81 bits per heavy atom. The number of Topliss-reactive ketones (excluding diaryl/α,β-unsaturated/α-hetero) is 2. The van der Waals surface area contributed by atoms with Gasteiger partial charge in [0.25, 0.3) is 0 Å². The second-order valence-corrected chi connectivity index (χ2v) is 6.25. The first kappa shape index (κ1) is 16.2. The van der Waals surface area contributed by atoms with Crippen LogP contribution >= 0.6 is 0 Å². The van der Waals surface area contributed by atoms with E-state index in [1.54, 1.807) is 31.4 Å². The van der Waals surface area contributed by atoms with Gasteiger partial charge in [-0.2, -0.15) is 0 Å². The van der Waals surface area contributed by atoms with Gasteiger partial charge in [-0.05, 0) is 37.1 Å². The number of aromatic nitrogens is 1. The predicted molar refractivity (Wildman–Crippen MR) is 94.9 cm³/mol. The predicted octanol–water partition coefficient (Wildman–Crippen LogP) is 2.98. The largest absolute Gasteiger partial charge is 0.497 e. The van der Waals surface area contributed by atoms with Gasteiger partial charge in [0.15, 0.2) is 11.6 Å². The first-order chi connectivity index (χ1) is 12.6. The first-order valence-electron chi connectivity index (χ1n) is 8.35. The van der Waals surface area contributed by atoms with Crippen molar-refractivity contribution in [3.63, 3.8) is 0 Å². The fourth-order valence-electron chi connectivity index (χ4n) is 3.35. The number of nitrogens with one attached hydrogen (secondary N) is 1. The van der Waals surface area contributed by atoms with Crippen molar-refractivity contribution in [3.05, 3.63) is 64.6 Å². The van der Waals surface area contributed by atoms with Gasteiger partial charge in [-0.3, -0.25) is 19.4 Å². The van der Waals surface area contributed by atoms with E-state index in [0.717, 1.165) is 6.42 Å². The third-order valence-corrected chi connectivity index (χ3v) is 4.63. The lowest BCUT2D eigenvalue weighted by atomic mass is 9.83. The maximum absolute atomic E-state index is 12.8. The summed E-state index contributed by atoms with van der Waals surface area (Å²) in [5.74, 6) is -0.111. The van der Waals surface area contributed by atoms with E-state index < -0.39 is 0 Å². The second-order valence-electron chi connectivity index (χ2n) is 6.25. The molecule has 26 heavy (non-hydrogen) atoms. The van der Waals surface area contributed by atoms with E-state index in [-0.39, 0.29) is 34.2 Å². The van der Waals surface area contributed by atoms with Crippen LogP contribution in [0.2, 0.25) is 0 Å². The lowest BCUT2D eigenvalue weighted by Crippen LogP contribution is -2.27. The number of ketones is 3. The van der Waals surface area contributed by atoms with Gasteiger partial charge >= 0.3 is 0 Å². The Kier molecular flexibility index (Phi) is 3.88. The zero-order valence-electron chi connectivity index (χ0n) is 14.2. The maximum Gasteiger partial charge on any atom is 0.211 e. The average Bonchev–Trinajstić information content (AvgIpc) is 2.66. The molecular formula is C20H16N2O4. The molecule has 0 saturated carbocycles. The monoisotopic (exact) mass is 348 g/mol. The Morgan fingerprint density at radius 1 is 1.04 bits per heavy atom. The van der Waals surface area contributed by atoms with Gasteiger partial charge in [-0.1, -0.05) is 0 Å². The molecule has 1 aromatic heterocycles. The molecule has 0 amide bonds. The van der Waals surface area contributed by atoms with Gasteiger partial charge in [0.2, 0.25) is 5.78 Å². The lowest BCUT2D eigenvalue weighted by Gasteiger charge is -2.22. The summed E-state index contributed by atoms with van der Waals surface area (Å²) >= 11 is 0. The van der Waals surface area contributed by atoms with Crippen LogP contribution in [-0.4, -0.2) is 29.4 Å². The number of carbonyl (C=O) groups is 3. The molecule has 130 valence electrons. The van der Waals surface area contributed by atoms with Crippen molar-refractivity contribution >= 4 is 23.0 Å². The molecule has 0 aliphatic heterocycles. The number of anilines is 1. The number of carbonyl (C=O) groups excluding carboxylic acids is 3. The highest BCUT2D eigenvalue weighted by molar-refractivity contribution is 6.28. The van der Waals surface area contributed by atoms with Crippen LogP contribution < -0.4 is 10.1 Å². The lowest BCUT2D eigenvalue weighted by molar-refractivity contribution is 0.0951. The number of hydrogen-bond acceptors (Lipinski definition) is 6. The molecule has 0 bridgehead atoms. The topological polar surface area (TPSA) is 85.4 Å². The Labute approximate surface area is 149 Å². The van der Waals surface area contributed by atoms with Gasteiger partial charge in [-0.25, -0.2) is 0 Å². The molecule has 0 fully saturated rings. The fourth-order valence-corrected chi connectivity index (χ4v) is 3.35. The van der Waals surface area contributed by atoms with E-state index in [1.807, 2.05) is 0 Å². The van der Waals surface area contributed by atoms with E-state index >= 15 is 0 Å². The number of fused-ring (bicyclic) bond motifs is 3. The second kappa shape index (κ2) is 6.22. The van der Waals surface area contributed by atoms with Crippen LogP contribution in [-0.2, 0) is 6.42 Å². The highest BCUT2D eigenvalue weighted by atomic mass is 16.5. The van der Waals surface area contributed by atoms with Gasteiger partial charge < -0.3 is 10.1 Å². The molecule has 0 radical (unpaired) electrons. The number of hydrogen-bond donors (Lipinski definition) is 1. The molecule has 1 heterocycles. The minimum atomic E-state index is -0.343. The van der Waals surface area contributed by atoms with Gasteiger partial charge in [0, 0.05) is 29.9 Å². The van der Waals surface area contributed by atoms with Gasteiger partial charge in [0.05, 0.1) is 29.6 Å². The van der Waals surface area contributed by atoms with Crippen molar-refractivity contribution in [1.82, 2.24) is 4.98 Å². The van der Waals surface area contributed by atoms with Crippen molar-refractivity contribution in [2.75, 3.05) is 12.4 Å². The number of rotatable bonds is 3. The molecule has 0 spiro atoms. The standard InChI is InChI=1S/C20H16N2O4/c1-26-12-7-5-11(6-8-12)22-15-9-17(24)18-13(20(15)25)10-21-14-3-2-4-16(23)19(14)18/h5-10,22H,2-4H2,1H3. The third-order valence-electron chi connectivity index (χ3n) is 4.63. The van der Waals surface area contributed by atoms with Gasteiger partial charge in [0.1, 0.15) is 5.75 Å². The highest BCUT2D eigenvalue weighted by Gasteiger charge is 2.33. The highest BCUT2D eigenvalue weighted by Crippen LogP contribution is 2.30. The molecule has 6 heteroatoms. The van der Waals surface area contributed by atoms with Crippen LogP contribution in [0.3, 0.4) is 0 Å². The molecule has 0 saturated heterocycles. The molecular weight excluding hydrogens is 332 g/mol. The van der Waals surface area contributed by atoms with Gasteiger partial charge in [-0.15, -0.1) is 0 Å². The molecule has 2 aliphatic carbocycles. The van der Waals surface area contributed by atoms with E-state index in [4.69, 9.17) is 4.74 Å². The number of nitrogens with zero attached hydrogens (tertiary/aromatic N) is 1. The van der Waals surface area contributed by atoms with Crippen molar-refractivity contribution < 1.29 is 19.1 Å². The third kappa shape index (κ3) is 2.60. The minimum Gasteiger partial charge on any atom is -0.497 e. The smallest absolute Gasteiger partial charge is 0.211 e. The van der Waals surface area contributed by atoms with E-state index in [0.29, 0.717) is 35.5 Å². The van der Waals surface area contributed by atoms with Crippen LogP contribution in [0, 0.1) is 0 Å². The average molecular weight is 348 g/mol. The van der Waals surface area contributed by atoms with Crippen LogP contribution in [0.5, 0.6) is 5.75 Å². The van der Waals surface area contributed by atoms with Crippen LogP contribution in [0.25, 0.3) is 0 Å². The summed E-state index contributed by atoms with van der Waals surface area (Å²) in [6.07, 6.45) is 4.43. The van der Waals surface area contributed by atoms with Crippen molar-refractivity contribution in [2.45, 2.75) is 19.3 Å². The number of benzene rings is 1. The van der Waals surface area contributed by atoms with Crippen LogP contribution in [0.4, 0.5) is 5.69 Å². The molecule has 2 aliphatic rings. The summed E-state index contributed by atoms with van der Waals surface area (Å²) in [6, 6.07) is 7.01.